The highest BCUT2D eigenvalue weighted by molar-refractivity contribution is 7.81. The van der Waals surface area contributed by atoms with Crippen LogP contribution in [0, 0.1) is 0 Å². The molecule has 32 nitrogen and oxygen atoms in total. The van der Waals surface area contributed by atoms with E-state index in [4.69, 9.17) is 4.74 Å². The molecular weight excluding hydrogens is 1580 g/mol. The molecule has 0 heterocycles. The topological polar surface area (TPSA) is 493 Å². The van der Waals surface area contributed by atoms with Gasteiger partial charge in [-0.25, -0.2) is 24.0 Å². The molecule has 0 aliphatic rings. The van der Waals surface area contributed by atoms with E-state index in [1.54, 1.807) is 146 Å². The number of aryl methyl sites for hydroxylation is 1. The summed E-state index contributed by atoms with van der Waals surface area (Å²) in [5, 5.41) is 26.9. The third kappa shape index (κ3) is 35.9. The highest BCUT2D eigenvalue weighted by atomic mass is 32.2. The molecule has 0 aliphatic carbocycles. The average molecular weight is 1660 g/mol. The van der Waals surface area contributed by atoms with E-state index in [2.05, 4.69) is 111 Å². The number of ether oxygens (including phenoxy) is 1. The normalized spacial score (nSPS) is 11.6. The lowest BCUT2D eigenvalue weighted by molar-refractivity contribution is 0.101. The van der Waals surface area contributed by atoms with Crippen LogP contribution in [-0.2, 0) is 62.8 Å². The summed E-state index contributed by atoms with van der Waals surface area (Å²) < 4.78 is 121. The Kier molecular flexibility index (Phi) is 38.6. The number of unbranched alkanes of at least 4 members (excludes halogenated alkanes) is 1. The third-order valence-electron chi connectivity index (χ3n) is 15.3. The van der Waals surface area contributed by atoms with E-state index in [0.717, 1.165) is 30.5 Å². The van der Waals surface area contributed by atoms with Gasteiger partial charge in [-0.3, -0.25) is 25.8 Å². The molecule has 115 heavy (non-hydrogen) atoms. The highest BCUT2D eigenvalue weighted by Crippen LogP contribution is 2.27. The summed E-state index contributed by atoms with van der Waals surface area (Å²) in [6.45, 7) is 12.0. The molecule has 0 spiro atoms. The second-order valence-electron chi connectivity index (χ2n) is 24.6. The van der Waals surface area contributed by atoms with Gasteiger partial charge < -0.3 is 104 Å². The van der Waals surface area contributed by atoms with Crippen molar-refractivity contribution in [3.63, 3.8) is 0 Å². The van der Waals surface area contributed by atoms with Crippen LogP contribution in [0.5, 0.6) is 5.75 Å². The van der Waals surface area contributed by atoms with Gasteiger partial charge >= 0.3 is 30.2 Å². The summed E-state index contributed by atoms with van der Waals surface area (Å²) in [5.41, 5.74) is 12.1. The fraction of sp³-hybridized carbons (Fsp3) is 0.154. The lowest BCUT2D eigenvalue weighted by Gasteiger charge is -2.14. The van der Waals surface area contributed by atoms with Gasteiger partial charge in [0.1, 0.15) is 5.75 Å². The quantitative estimate of drug-likeness (QED) is 0.0168. The fourth-order valence-electron chi connectivity index (χ4n) is 9.78. The number of anilines is 15. The van der Waals surface area contributed by atoms with Crippen molar-refractivity contribution in [1.29, 1.82) is 0 Å². The van der Waals surface area contributed by atoms with Crippen molar-refractivity contribution in [2.45, 2.75) is 72.6 Å². The summed E-state index contributed by atoms with van der Waals surface area (Å²) in [4.78, 5) is 70.9. The Morgan fingerprint density at radius 1 is 0.322 bits per heavy atom. The number of hydrogen-bond acceptors (Lipinski definition) is 17. The summed E-state index contributed by atoms with van der Waals surface area (Å²) in [6, 6.07) is 66.1. The van der Waals surface area contributed by atoms with Crippen molar-refractivity contribution in [2.75, 3.05) is 83.9 Å². The van der Waals surface area contributed by atoms with E-state index < -0.39 is 68.4 Å². The maximum absolute atomic E-state index is 12.1. The van der Waals surface area contributed by atoms with E-state index >= 15 is 0 Å². The number of methoxy groups -OCH3 is 1. The number of rotatable bonds is 27. The minimum atomic E-state index is -2.39. The van der Waals surface area contributed by atoms with Gasteiger partial charge in [-0.2, -0.15) is 0 Å². The van der Waals surface area contributed by atoms with Crippen molar-refractivity contribution in [1.82, 2.24) is 0 Å². The Bertz CT molecular complexity index is 4910. The number of Topliss-reactive ketones (excluding diaryl/α,β-unsaturated/α-hetero) is 1. The van der Waals surface area contributed by atoms with E-state index in [9.17, 15) is 72.6 Å². The van der Waals surface area contributed by atoms with Gasteiger partial charge in [0, 0.05) is 142 Å². The van der Waals surface area contributed by atoms with Crippen LogP contribution in [0.3, 0.4) is 0 Å². The molecule has 608 valence electrons. The molecule has 5 atom stereocenters. The van der Waals surface area contributed by atoms with Crippen LogP contribution in [0.1, 0.15) is 93.3 Å². The van der Waals surface area contributed by atoms with Crippen molar-refractivity contribution in [3.8, 4) is 5.75 Å². The van der Waals surface area contributed by atoms with Gasteiger partial charge in [0.15, 0.2) is 5.78 Å². The van der Waals surface area contributed by atoms with Gasteiger partial charge in [0.2, 0.25) is 0 Å². The second kappa shape index (κ2) is 48.5. The number of carbonyl (C=O) groups is 6. The Balaban J connectivity index is 0.000000224. The molecule has 10 amide bonds. The number of amides is 10. The molecule has 37 heteroatoms. The van der Waals surface area contributed by atoms with E-state index in [0.29, 0.717) is 103 Å². The monoisotopic (exact) mass is 1660 g/mol. The zero-order valence-electron chi connectivity index (χ0n) is 62.9. The van der Waals surface area contributed by atoms with E-state index in [1.807, 2.05) is 72.8 Å². The first-order chi connectivity index (χ1) is 55.0. The molecule has 0 aromatic heterocycles. The molecule has 5 unspecified atom stereocenters. The van der Waals surface area contributed by atoms with E-state index in [1.165, 1.54) is 49.4 Å². The molecule has 0 saturated heterocycles. The molecule has 10 rings (SSSR count). The molecule has 0 aliphatic heterocycles. The van der Waals surface area contributed by atoms with Crippen molar-refractivity contribution in [2.24, 2.45) is 0 Å². The third-order valence-corrected chi connectivity index (χ3v) is 17.3. The van der Waals surface area contributed by atoms with Crippen LogP contribution >= 0.6 is 0 Å². The van der Waals surface area contributed by atoms with Gasteiger partial charge in [-0.05, 0) is 236 Å². The lowest BCUT2D eigenvalue weighted by atomic mass is 10.0. The number of nitrogens with one attached hydrogen (secondary N) is 15. The van der Waals surface area contributed by atoms with Gasteiger partial charge in [0.05, 0.1) is 12.8 Å². The molecule has 10 aromatic rings. The molecular formula is C78H84N15O17S5-5. The zero-order valence-corrected chi connectivity index (χ0v) is 66.9. The Morgan fingerprint density at radius 2 is 0.574 bits per heavy atom. The summed E-state index contributed by atoms with van der Waals surface area (Å²) in [6.07, 6.45) is 3.34. The summed E-state index contributed by atoms with van der Waals surface area (Å²) >= 11 is -11.9. The van der Waals surface area contributed by atoms with Crippen molar-refractivity contribution >= 4 is 178 Å². The first-order valence-electron chi connectivity index (χ1n) is 34.7. The molecule has 0 radical (unpaired) electrons. The second-order valence-corrected chi connectivity index (χ2v) is 28.0. The van der Waals surface area contributed by atoms with Gasteiger partial charge in [0.25, 0.3) is 0 Å². The smallest absolute Gasteiger partial charge is 0.323 e. The van der Waals surface area contributed by atoms with Crippen LogP contribution in [-0.4, -0.2) is 86.9 Å². The Morgan fingerprint density at radius 3 is 0.852 bits per heavy atom. The molecule has 0 saturated carbocycles. The van der Waals surface area contributed by atoms with Gasteiger partial charge in [-0.15, -0.1) is 0 Å². The maximum atomic E-state index is 12.1. The summed E-state index contributed by atoms with van der Waals surface area (Å²) in [7, 11) is 1.52. The van der Waals surface area contributed by atoms with Crippen LogP contribution < -0.4 is 81.5 Å². The lowest BCUT2D eigenvalue weighted by Crippen LogP contribution is -2.20. The highest BCUT2D eigenvalue weighted by Gasteiger charge is 2.13. The number of ketones is 1. The molecule has 10 aromatic carbocycles. The molecule has 0 bridgehead atoms. The first kappa shape index (κ1) is 91.4. The average Bonchev–Trinajstić information content (AvgIpc) is 0.858. The Hall–Kier alpha value is -12.4. The number of para-hydroxylation sites is 3. The number of urea groups is 5. The maximum Gasteiger partial charge on any atom is 0.323 e. The van der Waals surface area contributed by atoms with Crippen LogP contribution in [0.15, 0.2) is 243 Å². The largest absolute Gasteiger partial charge is 0.755 e. The molecule has 0 fully saturated rings. The predicted octanol–water partition coefficient (Wildman–Crippen LogP) is 16.5. The van der Waals surface area contributed by atoms with Gasteiger partial charge in [-0.1, -0.05) is 95.6 Å². The zero-order chi connectivity index (χ0) is 83.8. The standard InChI is InChI=1S/C17H21N3O3S.2C16H19N3O3S.C15H15N3O4S.C14H15N3O4S/c1-2-3-4-13-5-7-14(8-6-13)18-17(21)19-15-9-11-16(12-10-15)20-24(22)23;1-11(2)12-3-5-13(6-4-12)17-16(20)18-14-7-9-15(10-8-14)19-23(21)22;1-11(2)14-5-3-4-6-15(14)18-16(20)17-12-7-9-13(10-8-12)19-23(21)22;1-10(19)11-2-4-12(5-3-11)16-15(20)17-13-6-8-14(9-7-13)18-23(21)22;1-21-13-5-3-2-4-12(13)16-14(18)15-10-6-8-11(9-7-10)17-22(19)20/h5-12,20H,2-4H2,1H3,(H,22,23)(H2,18,19,21);2*3-11,19H,1-2H3,(H,21,22)(H2,17,18,20);2-9,18H,1H3,(H,21,22)(H2,16,17,20);2-9,17H,1H3,(H,19,20)(H2,15,16,18)/p-5. The summed E-state index contributed by atoms with van der Waals surface area (Å²) in [5.74, 6) is 1.24. The van der Waals surface area contributed by atoms with E-state index in [-0.39, 0.29) is 23.9 Å². The van der Waals surface area contributed by atoms with Crippen LogP contribution in [0.25, 0.3) is 0 Å². The van der Waals surface area contributed by atoms with Crippen LogP contribution in [0.4, 0.5) is 109 Å². The first-order valence-corrected chi connectivity index (χ1v) is 40.1. The predicted molar refractivity (Wildman–Crippen MR) is 454 cm³/mol. The minimum Gasteiger partial charge on any atom is -0.755 e. The van der Waals surface area contributed by atoms with Crippen molar-refractivity contribution < 1.29 is 77.3 Å². The molecule has 15 N–H and O–H groups in total. The minimum absolute atomic E-state index is 0.0475. The number of carbonyl (C=O) groups excluding carboxylic acids is 6. The number of hydrogen-bond donors (Lipinski definition) is 15. The van der Waals surface area contributed by atoms with Crippen LogP contribution in [0.2, 0.25) is 0 Å². The Labute approximate surface area is 677 Å². The SMILES string of the molecule is CC(=O)c1ccc(NC(=O)Nc2ccc(NS(=O)[O-])cc2)cc1.CC(C)c1ccc(NC(=O)Nc2ccc(NS(=O)[O-])cc2)cc1.CC(C)c1ccccc1NC(=O)Nc1ccc(NS(=O)[O-])cc1.CCCCc1ccc(NC(=O)Nc2ccc(NS(=O)[O-])cc2)cc1.COc1ccccc1NC(=O)Nc1ccc(NS(=O)[O-])cc1. The van der Waals surface area contributed by atoms with Crippen molar-refractivity contribution in [3.05, 3.63) is 265 Å². The fourth-order valence-corrected chi connectivity index (χ4v) is 11.4. The number of benzene rings is 10.